The van der Waals surface area contributed by atoms with Gasteiger partial charge in [0, 0.05) is 38.3 Å². The minimum Gasteiger partial charge on any atom is -0.378 e. The summed E-state index contributed by atoms with van der Waals surface area (Å²) < 4.78 is 0. The normalized spacial score (nSPS) is 9.79. The van der Waals surface area contributed by atoms with Crippen molar-refractivity contribution in [2.24, 2.45) is 0 Å². The SMILES string of the molecule is [C-]#[N+]/C(C#N)=C\C=C\c1ccc(N(C)C)cc1.[CH3-].[V]. The zero-order valence-electron chi connectivity index (χ0n) is 11.3. The molecule has 1 radical (unpaired) electrons. The van der Waals surface area contributed by atoms with Gasteiger partial charge in [0.15, 0.2) is 0 Å². The molecule has 19 heavy (non-hydrogen) atoms. The number of benzene rings is 1. The Morgan fingerprint density at radius 2 is 1.89 bits per heavy atom. The summed E-state index contributed by atoms with van der Waals surface area (Å²) in [6.45, 7) is 6.71. The number of nitrogens with zero attached hydrogens (tertiary/aromatic N) is 3. The number of allylic oxidation sites excluding steroid dienone is 3. The molecule has 0 spiro atoms. The number of rotatable bonds is 3. The van der Waals surface area contributed by atoms with E-state index in [0.29, 0.717) is 0 Å². The van der Waals surface area contributed by atoms with Gasteiger partial charge in [-0.05, 0) is 23.8 Å². The first-order chi connectivity index (χ1) is 8.17. The fourth-order valence-electron chi connectivity index (χ4n) is 1.23. The summed E-state index contributed by atoms with van der Waals surface area (Å²) in [7, 11) is 3.98. The van der Waals surface area contributed by atoms with Crippen molar-refractivity contribution < 1.29 is 18.6 Å². The van der Waals surface area contributed by atoms with Crippen LogP contribution in [0.3, 0.4) is 0 Å². The zero-order chi connectivity index (χ0) is 12.7. The standard InChI is InChI=1S/C14H13N3.CH3.V/c1-16-13(11-15)6-4-5-12-7-9-14(10-8-12)17(2)3;;/h4-10H,2-3H3;1H3;/q;-1;/b5-4+,13-6-;;. The van der Waals surface area contributed by atoms with E-state index in [2.05, 4.69) is 4.85 Å². The van der Waals surface area contributed by atoms with Crippen LogP contribution in [0.5, 0.6) is 0 Å². The van der Waals surface area contributed by atoms with E-state index in [-0.39, 0.29) is 31.7 Å². The number of nitriles is 1. The van der Waals surface area contributed by atoms with Crippen LogP contribution in [0.2, 0.25) is 0 Å². The topological polar surface area (TPSA) is 31.4 Å². The molecule has 0 amide bonds. The molecule has 3 nitrogen and oxygen atoms in total. The Morgan fingerprint density at radius 3 is 2.32 bits per heavy atom. The molecular weight excluding hydrogens is 273 g/mol. The molecule has 4 heteroatoms. The maximum atomic E-state index is 8.55. The first-order valence-corrected chi connectivity index (χ1v) is 5.10. The quantitative estimate of drug-likeness (QED) is 0.484. The van der Waals surface area contributed by atoms with Gasteiger partial charge in [-0.25, -0.2) is 10.1 Å². The molecule has 0 aliphatic heterocycles. The summed E-state index contributed by atoms with van der Waals surface area (Å²) in [5.74, 6) is 0. The van der Waals surface area contributed by atoms with Gasteiger partial charge in [-0.3, -0.25) is 0 Å². The Kier molecular flexibility index (Phi) is 10.2. The Bertz CT molecular complexity index is 498. The number of hydrogen-bond acceptors (Lipinski definition) is 2. The van der Waals surface area contributed by atoms with Crippen LogP contribution in [0, 0.1) is 25.3 Å². The van der Waals surface area contributed by atoms with Crippen LogP contribution in [0.25, 0.3) is 10.9 Å². The predicted molar refractivity (Wildman–Crippen MR) is 76.5 cm³/mol. The van der Waals surface area contributed by atoms with E-state index < -0.39 is 0 Å². The van der Waals surface area contributed by atoms with Crippen molar-refractivity contribution >= 4 is 11.8 Å². The van der Waals surface area contributed by atoms with Crippen molar-refractivity contribution in [1.82, 2.24) is 0 Å². The predicted octanol–water partition coefficient (Wildman–Crippen LogP) is 3.54. The van der Waals surface area contributed by atoms with E-state index in [9.17, 15) is 0 Å². The van der Waals surface area contributed by atoms with E-state index in [1.165, 1.54) is 6.08 Å². The van der Waals surface area contributed by atoms with Crippen molar-refractivity contribution in [3.05, 3.63) is 66.5 Å². The van der Waals surface area contributed by atoms with Crippen molar-refractivity contribution in [3.63, 3.8) is 0 Å². The minimum absolute atomic E-state index is 0. The van der Waals surface area contributed by atoms with Crippen LogP contribution in [0.15, 0.2) is 42.1 Å². The largest absolute Gasteiger partial charge is 0.378 e. The van der Waals surface area contributed by atoms with E-state index in [0.717, 1.165) is 11.3 Å². The number of hydrogen-bond donors (Lipinski definition) is 0. The number of anilines is 1. The molecule has 0 saturated carbocycles. The summed E-state index contributed by atoms with van der Waals surface area (Å²) in [4.78, 5) is 5.10. The molecule has 0 aliphatic carbocycles. The van der Waals surface area contributed by atoms with Gasteiger partial charge >= 0.3 is 0 Å². The second-order valence-corrected chi connectivity index (χ2v) is 3.62. The summed E-state index contributed by atoms with van der Waals surface area (Å²) >= 11 is 0. The third-order valence-electron chi connectivity index (χ3n) is 2.19. The van der Waals surface area contributed by atoms with Gasteiger partial charge in [-0.2, -0.15) is 0 Å². The second-order valence-electron chi connectivity index (χ2n) is 3.62. The Hall–Kier alpha value is -1.94. The molecule has 1 aromatic rings. The van der Waals surface area contributed by atoms with E-state index >= 15 is 0 Å². The molecule has 0 unspecified atom stereocenters. The average molecular weight is 289 g/mol. The molecule has 0 atom stereocenters. The van der Waals surface area contributed by atoms with Gasteiger partial charge in [0.2, 0.25) is 0 Å². The molecule has 0 saturated heterocycles. The summed E-state index contributed by atoms with van der Waals surface area (Å²) in [5.41, 5.74) is 2.26. The molecule has 1 aromatic carbocycles. The third kappa shape index (κ3) is 6.53. The van der Waals surface area contributed by atoms with Crippen molar-refractivity contribution in [2.75, 3.05) is 19.0 Å². The van der Waals surface area contributed by atoms with Gasteiger partial charge in [0.05, 0.1) is 12.6 Å². The van der Waals surface area contributed by atoms with Crippen LogP contribution in [-0.2, 0) is 18.6 Å². The van der Waals surface area contributed by atoms with Gasteiger partial charge in [0.25, 0.3) is 5.70 Å². The van der Waals surface area contributed by atoms with Crippen LogP contribution in [0.4, 0.5) is 5.69 Å². The van der Waals surface area contributed by atoms with Crippen LogP contribution >= 0.6 is 0 Å². The molecular formula is C15H16N3V-. The van der Waals surface area contributed by atoms with Crippen LogP contribution < -0.4 is 4.90 Å². The molecule has 0 N–H and O–H groups in total. The summed E-state index contributed by atoms with van der Waals surface area (Å²) in [5, 5.41) is 8.55. The van der Waals surface area contributed by atoms with Gasteiger partial charge in [-0.15, -0.1) is 0 Å². The monoisotopic (exact) mass is 289 g/mol. The van der Waals surface area contributed by atoms with E-state index in [1.54, 1.807) is 6.08 Å². The van der Waals surface area contributed by atoms with E-state index in [1.807, 2.05) is 55.4 Å². The fourth-order valence-corrected chi connectivity index (χ4v) is 1.23. The zero-order valence-corrected chi connectivity index (χ0v) is 12.7. The molecule has 0 heterocycles. The molecule has 1 rings (SSSR count). The van der Waals surface area contributed by atoms with Gasteiger partial charge < -0.3 is 12.3 Å². The molecule has 0 aromatic heterocycles. The molecule has 97 valence electrons. The van der Waals surface area contributed by atoms with Crippen LogP contribution in [-0.4, -0.2) is 14.1 Å². The molecule has 0 aliphatic rings. The first-order valence-electron chi connectivity index (χ1n) is 5.10. The second kappa shape index (κ2) is 10.0. The summed E-state index contributed by atoms with van der Waals surface area (Å²) in [6.07, 6.45) is 5.08. The van der Waals surface area contributed by atoms with Gasteiger partial charge in [0.1, 0.15) is 0 Å². The Balaban J connectivity index is 0. The van der Waals surface area contributed by atoms with Crippen LogP contribution in [0.1, 0.15) is 5.56 Å². The first kappa shape index (κ1) is 19.4. The fraction of sp³-hybridized carbons (Fsp3) is 0.133. The van der Waals surface area contributed by atoms with Crippen molar-refractivity contribution in [2.45, 2.75) is 0 Å². The maximum absolute atomic E-state index is 8.55. The average Bonchev–Trinajstić information content (AvgIpc) is 2.35. The molecule has 0 fully saturated rings. The maximum Gasteiger partial charge on any atom is 0.261 e. The van der Waals surface area contributed by atoms with Gasteiger partial charge in [-0.1, -0.05) is 24.3 Å². The third-order valence-corrected chi connectivity index (χ3v) is 2.19. The Morgan fingerprint density at radius 1 is 1.32 bits per heavy atom. The van der Waals surface area contributed by atoms with E-state index in [4.69, 9.17) is 11.8 Å². The molecule has 0 bridgehead atoms. The Labute approximate surface area is 127 Å². The van der Waals surface area contributed by atoms with Crippen molar-refractivity contribution in [3.8, 4) is 6.07 Å². The minimum atomic E-state index is 0. The smallest absolute Gasteiger partial charge is 0.261 e. The summed E-state index contributed by atoms with van der Waals surface area (Å²) in [6, 6.07) is 9.82. The van der Waals surface area contributed by atoms with Crippen molar-refractivity contribution in [1.29, 1.82) is 5.26 Å².